The summed E-state index contributed by atoms with van der Waals surface area (Å²) in [4.78, 5) is 13.3. The zero-order valence-corrected chi connectivity index (χ0v) is 17.5. The molecule has 25 heavy (non-hydrogen) atoms. The molecule has 0 atom stereocenters. The molecule has 0 radical (unpaired) electrons. The fourth-order valence-electron chi connectivity index (χ4n) is 2.81. The van der Waals surface area contributed by atoms with Gasteiger partial charge in [-0.1, -0.05) is 70.4 Å². The summed E-state index contributed by atoms with van der Waals surface area (Å²) in [6.07, 6.45) is 21.9. The third kappa shape index (κ3) is 19.6. The molecule has 0 aliphatic carbocycles. The lowest BCUT2D eigenvalue weighted by Crippen LogP contribution is -2.29. The fraction of sp³-hybridized carbons (Fsp3) is 0.857. The van der Waals surface area contributed by atoms with Crippen LogP contribution in [-0.4, -0.2) is 36.1 Å². The van der Waals surface area contributed by atoms with Crippen LogP contribution in [0.2, 0.25) is 0 Å². The van der Waals surface area contributed by atoms with Gasteiger partial charge in [-0.15, -0.1) is 12.4 Å². The smallest absolute Gasteiger partial charge is 0.222 e. The van der Waals surface area contributed by atoms with Crippen LogP contribution in [0.15, 0.2) is 12.2 Å². The number of likely N-dealkylation sites (N-methyl/N-ethyl adjacent to an activating group) is 1. The molecule has 0 bridgehead atoms. The molecule has 0 unspecified atom stereocenters. The summed E-state index contributed by atoms with van der Waals surface area (Å²) in [5, 5.41) is 8.79. The van der Waals surface area contributed by atoms with Crippen molar-refractivity contribution in [1.82, 2.24) is 4.90 Å². The molecule has 0 fully saturated rings. The highest BCUT2D eigenvalue weighted by molar-refractivity contribution is 5.85. The zero-order valence-electron chi connectivity index (χ0n) is 16.7. The highest BCUT2D eigenvalue weighted by Gasteiger charge is 2.06. The van der Waals surface area contributed by atoms with Gasteiger partial charge in [0, 0.05) is 20.0 Å². The van der Waals surface area contributed by atoms with E-state index in [1.807, 2.05) is 0 Å². The SMILES string of the molecule is CCCCCCCC/C=C\CCCCCCCC(=O)N(C)CCO.Cl. The molecule has 0 saturated heterocycles. The van der Waals surface area contributed by atoms with E-state index in [2.05, 4.69) is 19.1 Å². The van der Waals surface area contributed by atoms with Crippen LogP contribution in [0.25, 0.3) is 0 Å². The van der Waals surface area contributed by atoms with Gasteiger partial charge in [-0.3, -0.25) is 4.79 Å². The number of hydrogen-bond acceptors (Lipinski definition) is 2. The Bertz CT molecular complexity index is 308. The molecule has 0 aromatic heterocycles. The van der Waals surface area contributed by atoms with Crippen molar-refractivity contribution in [3.05, 3.63) is 12.2 Å². The average Bonchev–Trinajstić information content (AvgIpc) is 2.58. The van der Waals surface area contributed by atoms with Crippen LogP contribution in [0.5, 0.6) is 0 Å². The zero-order chi connectivity index (χ0) is 17.9. The van der Waals surface area contributed by atoms with E-state index < -0.39 is 0 Å². The van der Waals surface area contributed by atoms with Crippen LogP contribution in [0.4, 0.5) is 0 Å². The Morgan fingerprint density at radius 3 is 1.84 bits per heavy atom. The normalized spacial score (nSPS) is 10.8. The fourth-order valence-corrected chi connectivity index (χ4v) is 2.81. The molecule has 0 heterocycles. The van der Waals surface area contributed by atoms with Gasteiger partial charge in [-0.2, -0.15) is 0 Å². The molecule has 3 nitrogen and oxygen atoms in total. The summed E-state index contributed by atoms with van der Waals surface area (Å²) in [7, 11) is 1.76. The van der Waals surface area contributed by atoms with Crippen LogP contribution >= 0.6 is 12.4 Å². The summed E-state index contributed by atoms with van der Waals surface area (Å²) in [5.41, 5.74) is 0. The lowest BCUT2D eigenvalue weighted by molar-refractivity contribution is -0.130. The number of aliphatic hydroxyl groups excluding tert-OH is 1. The third-order valence-corrected chi connectivity index (χ3v) is 4.51. The Morgan fingerprint density at radius 2 is 1.32 bits per heavy atom. The highest BCUT2D eigenvalue weighted by atomic mass is 35.5. The molecule has 0 aliphatic rings. The Kier molecular flexibility index (Phi) is 23.0. The molecule has 0 aromatic rings. The van der Waals surface area contributed by atoms with Crippen molar-refractivity contribution in [2.75, 3.05) is 20.2 Å². The van der Waals surface area contributed by atoms with E-state index in [0.29, 0.717) is 13.0 Å². The summed E-state index contributed by atoms with van der Waals surface area (Å²) in [6, 6.07) is 0. The molecule has 1 amide bonds. The van der Waals surface area contributed by atoms with Gasteiger partial charge in [0.15, 0.2) is 0 Å². The van der Waals surface area contributed by atoms with Gasteiger partial charge in [0.1, 0.15) is 0 Å². The van der Waals surface area contributed by atoms with Gasteiger partial charge in [-0.25, -0.2) is 0 Å². The standard InChI is InChI=1S/C21H41NO2.ClH/c1-3-4-5-6-7-8-9-10-11-12-13-14-15-16-17-18-21(24)22(2)19-20-23;/h10-11,23H,3-9,12-20H2,1-2H3;1H/b11-10-;. The topological polar surface area (TPSA) is 40.5 Å². The van der Waals surface area contributed by atoms with E-state index >= 15 is 0 Å². The minimum atomic E-state index is 0. The minimum Gasteiger partial charge on any atom is -0.395 e. The van der Waals surface area contributed by atoms with Gasteiger partial charge < -0.3 is 10.0 Å². The van der Waals surface area contributed by atoms with Gasteiger partial charge in [-0.05, 0) is 32.1 Å². The lowest BCUT2D eigenvalue weighted by atomic mass is 10.1. The van der Waals surface area contributed by atoms with Crippen LogP contribution in [0, 0.1) is 0 Å². The molecule has 4 heteroatoms. The van der Waals surface area contributed by atoms with Crippen molar-refractivity contribution < 1.29 is 9.90 Å². The summed E-state index contributed by atoms with van der Waals surface area (Å²) < 4.78 is 0. The quantitative estimate of drug-likeness (QED) is 0.254. The Hall–Kier alpha value is -0.540. The van der Waals surface area contributed by atoms with Crippen molar-refractivity contribution in [1.29, 1.82) is 0 Å². The molecule has 1 N–H and O–H groups in total. The van der Waals surface area contributed by atoms with Crippen LogP contribution in [-0.2, 0) is 4.79 Å². The molecule has 0 rings (SSSR count). The van der Waals surface area contributed by atoms with Crippen molar-refractivity contribution in [2.24, 2.45) is 0 Å². The second-order valence-electron chi connectivity index (χ2n) is 6.87. The maximum Gasteiger partial charge on any atom is 0.222 e. The second-order valence-corrected chi connectivity index (χ2v) is 6.87. The molecule has 0 aromatic carbocycles. The monoisotopic (exact) mass is 375 g/mol. The predicted molar refractivity (Wildman–Crippen MR) is 111 cm³/mol. The van der Waals surface area contributed by atoms with Gasteiger partial charge in [0.05, 0.1) is 6.61 Å². The minimum absolute atomic E-state index is 0. The van der Waals surface area contributed by atoms with E-state index in [-0.39, 0.29) is 24.9 Å². The number of rotatable bonds is 17. The van der Waals surface area contributed by atoms with Crippen molar-refractivity contribution in [2.45, 2.75) is 96.8 Å². The summed E-state index contributed by atoms with van der Waals surface area (Å²) >= 11 is 0. The van der Waals surface area contributed by atoms with Crippen molar-refractivity contribution in [3.63, 3.8) is 0 Å². The Labute approximate surface area is 162 Å². The number of halogens is 1. The first-order chi connectivity index (χ1) is 11.7. The number of amides is 1. The number of allylic oxidation sites excluding steroid dienone is 2. The molecule has 0 saturated carbocycles. The first kappa shape index (κ1) is 26.7. The van der Waals surface area contributed by atoms with E-state index in [0.717, 1.165) is 12.8 Å². The number of carbonyl (C=O) groups excluding carboxylic acids is 1. The van der Waals surface area contributed by atoms with Crippen molar-refractivity contribution >= 4 is 18.3 Å². The summed E-state index contributed by atoms with van der Waals surface area (Å²) in [6.45, 7) is 2.76. The Morgan fingerprint density at radius 1 is 0.840 bits per heavy atom. The van der Waals surface area contributed by atoms with Gasteiger partial charge >= 0.3 is 0 Å². The lowest BCUT2D eigenvalue weighted by Gasteiger charge is -2.15. The first-order valence-electron chi connectivity index (χ1n) is 10.2. The molecule has 0 aliphatic heterocycles. The van der Waals surface area contributed by atoms with E-state index in [1.165, 1.54) is 70.6 Å². The van der Waals surface area contributed by atoms with Gasteiger partial charge in [0.2, 0.25) is 5.91 Å². The maximum absolute atomic E-state index is 11.7. The average molecular weight is 376 g/mol. The third-order valence-electron chi connectivity index (χ3n) is 4.51. The van der Waals surface area contributed by atoms with E-state index in [4.69, 9.17) is 5.11 Å². The first-order valence-corrected chi connectivity index (χ1v) is 10.2. The number of carbonyl (C=O) groups is 1. The molecule has 0 spiro atoms. The van der Waals surface area contributed by atoms with Gasteiger partial charge in [0.25, 0.3) is 0 Å². The van der Waals surface area contributed by atoms with Crippen LogP contribution < -0.4 is 0 Å². The molecular formula is C21H42ClNO2. The Balaban J connectivity index is 0. The number of hydrogen-bond donors (Lipinski definition) is 1. The number of nitrogens with zero attached hydrogens (tertiary/aromatic N) is 1. The maximum atomic E-state index is 11.7. The second kappa shape index (κ2) is 21.5. The predicted octanol–water partition coefficient (Wildman–Crippen LogP) is 5.90. The van der Waals surface area contributed by atoms with E-state index in [9.17, 15) is 4.79 Å². The van der Waals surface area contributed by atoms with E-state index in [1.54, 1.807) is 11.9 Å². The number of aliphatic hydroxyl groups is 1. The molecule has 150 valence electrons. The van der Waals surface area contributed by atoms with Crippen molar-refractivity contribution in [3.8, 4) is 0 Å². The highest BCUT2D eigenvalue weighted by Crippen LogP contribution is 2.10. The summed E-state index contributed by atoms with van der Waals surface area (Å²) in [5.74, 6) is 0.154. The largest absolute Gasteiger partial charge is 0.395 e. The van der Waals surface area contributed by atoms with Crippen LogP contribution in [0.3, 0.4) is 0 Å². The number of unbranched alkanes of at least 4 members (excludes halogenated alkanes) is 11. The molecular weight excluding hydrogens is 334 g/mol. The van der Waals surface area contributed by atoms with Crippen LogP contribution in [0.1, 0.15) is 96.8 Å².